The number of carbonyl (C=O) groups excluding carboxylic acids is 1. The van der Waals surface area contributed by atoms with Gasteiger partial charge in [-0.3, -0.25) is 4.79 Å². The van der Waals surface area contributed by atoms with Gasteiger partial charge in [-0.2, -0.15) is 0 Å². The van der Waals surface area contributed by atoms with Crippen LogP contribution >= 0.6 is 11.8 Å². The normalized spacial score (nSPS) is 10.4. The molecule has 0 aliphatic heterocycles. The van der Waals surface area contributed by atoms with E-state index in [0.717, 1.165) is 10.9 Å². The van der Waals surface area contributed by atoms with Crippen molar-refractivity contribution in [3.05, 3.63) is 54.6 Å². The number of ether oxygens (including phenoxy) is 1. The molecule has 0 heterocycles. The molecule has 19 heavy (non-hydrogen) atoms. The second kappa shape index (κ2) is 6.43. The molecular weight excluding hydrogens is 256 g/mol. The summed E-state index contributed by atoms with van der Waals surface area (Å²) in [6.45, 7) is 3.79. The van der Waals surface area contributed by atoms with Crippen molar-refractivity contribution < 1.29 is 9.53 Å². The molecule has 0 aliphatic carbocycles. The monoisotopic (exact) mass is 272 g/mol. The molecule has 0 unspecified atom stereocenters. The fourth-order valence-corrected chi connectivity index (χ4v) is 2.33. The predicted molar refractivity (Wildman–Crippen MR) is 80.6 cm³/mol. The minimum absolute atomic E-state index is 0.222. The molecule has 0 saturated heterocycles. The maximum atomic E-state index is 11.5. The highest BCUT2D eigenvalue weighted by molar-refractivity contribution is 7.98. The molecule has 2 aromatic carbocycles. The van der Waals surface area contributed by atoms with Crippen molar-refractivity contribution >= 4 is 28.5 Å². The summed E-state index contributed by atoms with van der Waals surface area (Å²) in [4.78, 5) is 12.8. The molecular formula is C16H16O2S. The largest absolute Gasteiger partial charge is 0.461 e. The van der Waals surface area contributed by atoms with Crippen LogP contribution in [-0.4, -0.2) is 18.8 Å². The summed E-state index contributed by atoms with van der Waals surface area (Å²) >= 11 is 1.72. The van der Waals surface area contributed by atoms with E-state index in [0.29, 0.717) is 6.42 Å². The molecule has 0 radical (unpaired) electrons. The number of benzene rings is 2. The van der Waals surface area contributed by atoms with Crippen molar-refractivity contribution in [2.24, 2.45) is 0 Å². The maximum absolute atomic E-state index is 11.5. The molecule has 0 N–H and O–H groups in total. The molecule has 3 heteroatoms. The Morgan fingerprint density at radius 2 is 2.00 bits per heavy atom. The van der Waals surface area contributed by atoms with Gasteiger partial charge in [0.25, 0.3) is 0 Å². The number of carbonyl (C=O) groups is 1. The van der Waals surface area contributed by atoms with Crippen molar-refractivity contribution in [3.8, 4) is 0 Å². The number of fused-ring (bicyclic) bond motifs is 1. The molecule has 0 fully saturated rings. The van der Waals surface area contributed by atoms with Crippen LogP contribution in [0.15, 0.2) is 53.9 Å². The van der Waals surface area contributed by atoms with E-state index in [9.17, 15) is 4.79 Å². The number of thioether (sulfide) groups is 1. The molecule has 0 aliphatic rings. The summed E-state index contributed by atoms with van der Waals surface area (Å²) in [5.74, 6) is -0.222. The molecule has 98 valence electrons. The lowest BCUT2D eigenvalue weighted by Crippen LogP contribution is -2.07. The molecule has 0 saturated carbocycles. The molecule has 2 aromatic rings. The van der Waals surface area contributed by atoms with Crippen molar-refractivity contribution in [2.75, 3.05) is 12.9 Å². The van der Waals surface area contributed by atoms with E-state index in [1.807, 2.05) is 18.2 Å². The van der Waals surface area contributed by atoms with Crippen LogP contribution in [0, 0.1) is 0 Å². The van der Waals surface area contributed by atoms with E-state index in [2.05, 4.69) is 31.0 Å². The second-order valence-corrected chi connectivity index (χ2v) is 5.08. The van der Waals surface area contributed by atoms with Crippen LogP contribution in [0.4, 0.5) is 0 Å². The Morgan fingerprint density at radius 1 is 1.26 bits per heavy atom. The summed E-state index contributed by atoms with van der Waals surface area (Å²) in [5.41, 5.74) is 0.971. The van der Waals surface area contributed by atoms with E-state index in [1.54, 1.807) is 17.8 Å². The number of hydrogen-bond acceptors (Lipinski definition) is 3. The topological polar surface area (TPSA) is 26.3 Å². The zero-order chi connectivity index (χ0) is 13.7. The first kappa shape index (κ1) is 13.7. The van der Waals surface area contributed by atoms with Gasteiger partial charge in [-0.15, -0.1) is 11.8 Å². The van der Waals surface area contributed by atoms with Gasteiger partial charge in [-0.25, -0.2) is 0 Å². The summed E-state index contributed by atoms with van der Waals surface area (Å²) < 4.78 is 4.98. The smallest absolute Gasteiger partial charge is 0.310 e. The zero-order valence-corrected chi connectivity index (χ0v) is 11.7. The Hall–Kier alpha value is -1.74. The fraction of sp³-hybridized carbons (Fsp3) is 0.188. The predicted octanol–water partition coefficient (Wildman–Crippen LogP) is 3.83. The molecule has 0 bridgehead atoms. The van der Waals surface area contributed by atoms with E-state index in [1.165, 1.54) is 10.3 Å². The summed E-state index contributed by atoms with van der Waals surface area (Å²) in [7, 11) is 0. The van der Waals surface area contributed by atoms with E-state index in [4.69, 9.17) is 4.74 Å². The van der Waals surface area contributed by atoms with Crippen molar-refractivity contribution in [3.63, 3.8) is 0 Å². The highest BCUT2D eigenvalue weighted by atomic mass is 32.2. The molecule has 0 atom stereocenters. The minimum Gasteiger partial charge on any atom is -0.461 e. The van der Waals surface area contributed by atoms with Crippen molar-refractivity contribution in [1.82, 2.24) is 0 Å². The molecule has 2 nitrogen and oxygen atoms in total. The standard InChI is InChI=1S/C16H16O2S/c1-3-8-18-16(17)10-12-4-5-14-11-15(19-2)7-6-13(14)9-12/h3-7,9,11H,1,8,10H2,2H3. The van der Waals surface area contributed by atoms with E-state index in [-0.39, 0.29) is 12.6 Å². The van der Waals surface area contributed by atoms with Gasteiger partial charge in [0.1, 0.15) is 6.61 Å². The van der Waals surface area contributed by atoms with E-state index >= 15 is 0 Å². The average molecular weight is 272 g/mol. The first-order valence-corrected chi connectivity index (χ1v) is 7.28. The zero-order valence-electron chi connectivity index (χ0n) is 10.9. The average Bonchev–Trinajstić information content (AvgIpc) is 2.44. The van der Waals surface area contributed by atoms with Crippen LogP contribution in [0.2, 0.25) is 0 Å². The van der Waals surface area contributed by atoms with Gasteiger partial charge in [0, 0.05) is 4.90 Å². The Kier molecular flexibility index (Phi) is 4.63. The second-order valence-electron chi connectivity index (χ2n) is 4.20. The highest BCUT2D eigenvalue weighted by Gasteiger charge is 2.05. The van der Waals surface area contributed by atoms with E-state index < -0.39 is 0 Å². The first-order valence-electron chi connectivity index (χ1n) is 6.06. The molecule has 0 spiro atoms. The third kappa shape index (κ3) is 3.61. The lowest BCUT2D eigenvalue weighted by molar-refractivity contribution is -0.141. The maximum Gasteiger partial charge on any atom is 0.310 e. The summed E-state index contributed by atoms with van der Waals surface area (Å²) in [6, 6.07) is 12.4. The van der Waals surface area contributed by atoms with Gasteiger partial charge in [-0.1, -0.05) is 36.9 Å². The number of rotatable bonds is 5. The summed E-state index contributed by atoms with van der Waals surface area (Å²) in [5, 5.41) is 2.34. The van der Waals surface area contributed by atoms with Crippen molar-refractivity contribution in [2.45, 2.75) is 11.3 Å². The van der Waals surface area contributed by atoms with Crippen LogP contribution in [0.3, 0.4) is 0 Å². The third-order valence-corrected chi connectivity index (χ3v) is 3.55. The van der Waals surface area contributed by atoms with Crippen molar-refractivity contribution in [1.29, 1.82) is 0 Å². The van der Waals surface area contributed by atoms with Crippen LogP contribution in [0.25, 0.3) is 10.8 Å². The van der Waals surface area contributed by atoms with Gasteiger partial charge in [0.15, 0.2) is 0 Å². The Balaban J connectivity index is 2.17. The van der Waals surface area contributed by atoms with Crippen LogP contribution in [0.1, 0.15) is 5.56 Å². The third-order valence-electron chi connectivity index (χ3n) is 2.82. The van der Waals surface area contributed by atoms with Crippen LogP contribution < -0.4 is 0 Å². The summed E-state index contributed by atoms with van der Waals surface area (Å²) in [6.07, 6.45) is 3.93. The SMILES string of the molecule is C=CCOC(=O)Cc1ccc2cc(SC)ccc2c1. The van der Waals surface area contributed by atoms with Crippen LogP contribution in [-0.2, 0) is 16.0 Å². The first-order chi connectivity index (χ1) is 9.22. The van der Waals surface area contributed by atoms with Gasteiger partial charge >= 0.3 is 5.97 Å². The van der Waals surface area contributed by atoms with Gasteiger partial charge in [0.05, 0.1) is 6.42 Å². The quantitative estimate of drug-likeness (QED) is 0.470. The van der Waals surface area contributed by atoms with Gasteiger partial charge in [0.2, 0.25) is 0 Å². The Bertz CT molecular complexity index is 605. The number of hydrogen-bond donors (Lipinski definition) is 0. The molecule has 0 amide bonds. The number of esters is 1. The molecule has 2 rings (SSSR count). The fourth-order valence-electron chi connectivity index (χ4n) is 1.88. The molecule has 0 aromatic heterocycles. The Morgan fingerprint density at radius 3 is 2.74 bits per heavy atom. The van der Waals surface area contributed by atoms with Gasteiger partial charge in [-0.05, 0) is 34.7 Å². The highest BCUT2D eigenvalue weighted by Crippen LogP contribution is 2.23. The lowest BCUT2D eigenvalue weighted by atomic mass is 10.1. The lowest BCUT2D eigenvalue weighted by Gasteiger charge is -2.05. The van der Waals surface area contributed by atoms with Gasteiger partial charge < -0.3 is 4.74 Å². The Labute approximate surface area is 117 Å². The minimum atomic E-state index is -0.222. The van der Waals surface area contributed by atoms with Crippen LogP contribution in [0.5, 0.6) is 0 Å².